The molecule has 0 unspecified atom stereocenters. The third-order valence-corrected chi connectivity index (χ3v) is 4.11. The van der Waals surface area contributed by atoms with Crippen LogP contribution in [0.1, 0.15) is 27.2 Å². The zero-order valence-electron chi connectivity index (χ0n) is 13.5. The Labute approximate surface area is 144 Å². The minimum Gasteiger partial charge on any atom is -0.304 e. The summed E-state index contributed by atoms with van der Waals surface area (Å²) in [5.74, 6) is -0.0282. The lowest BCUT2D eigenvalue weighted by Gasteiger charge is -2.07. The summed E-state index contributed by atoms with van der Waals surface area (Å²) in [5.41, 5.74) is 5.56. The molecule has 122 valence electrons. The molecule has 3 aromatic rings. The van der Waals surface area contributed by atoms with Crippen LogP contribution in [0.25, 0.3) is 11.3 Å². The number of anilines is 1. The predicted octanol–water partition coefficient (Wildman–Crippen LogP) is 3.70. The average molecular weight is 342 g/mol. The smallest absolute Gasteiger partial charge is 0.277 e. The van der Waals surface area contributed by atoms with E-state index in [0.717, 1.165) is 16.8 Å². The third-order valence-electron chi connectivity index (χ3n) is 3.83. The Morgan fingerprint density at radius 3 is 2.62 bits per heavy atom. The van der Waals surface area contributed by atoms with E-state index in [-0.39, 0.29) is 10.7 Å². The van der Waals surface area contributed by atoms with Crippen molar-refractivity contribution in [2.24, 2.45) is 0 Å². The van der Waals surface area contributed by atoms with Crippen LogP contribution in [0.4, 0.5) is 5.82 Å². The Morgan fingerprint density at radius 2 is 1.88 bits per heavy atom. The number of hydrogen-bond donors (Lipinski definition) is 2. The average Bonchev–Trinajstić information content (AvgIpc) is 2.99. The molecule has 0 saturated heterocycles. The Morgan fingerprint density at radius 1 is 1.12 bits per heavy atom. The molecule has 0 radical (unpaired) electrons. The van der Waals surface area contributed by atoms with Crippen LogP contribution in [-0.2, 0) is 0 Å². The fourth-order valence-electron chi connectivity index (χ4n) is 2.43. The van der Waals surface area contributed by atoms with Crippen LogP contribution in [0.5, 0.6) is 0 Å². The van der Waals surface area contributed by atoms with Crippen LogP contribution in [0, 0.1) is 20.8 Å². The van der Waals surface area contributed by atoms with Crippen LogP contribution in [0.2, 0.25) is 5.02 Å². The largest absolute Gasteiger partial charge is 0.304 e. The van der Waals surface area contributed by atoms with Gasteiger partial charge in [0, 0.05) is 17.8 Å². The normalized spacial score (nSPS) is 10.7. The van der Waals surface area contributed by atoms with Crippen molar-refractivity contribution in [1.29, 1.82) is 0 Å². The maximum atomic E-state index is 12.2. The number of nitrogens with one attached hydrogen (secondary N) is 2. The van der Waals surface area contributed by atoms with Gasteiger partial charge in [-0.25, -0.2) is 9.97 Å². The molecule has 0 aliphatic heterocycles. The fourth-order valence-corrected chi connectivity index (χ4v) is 2.62. The summed E-state index contributed by atoms with van der Waals surface area (Å²) < 4.78 is 0. The van der Waals surface area contributed by atoms with Crippen molar-refractivity contribution in [2.75, 3.05) is 5.32 Å². The molecule has 0 aliphatic rings. The molecule has 2 heterocycles. The molecule has 1 amide bonds. The summed E-state index contributed by atoms with van der Waals surface area (Å²) in [5, 5.41) is 9.96. The lowest BCUT2D eigenvalue weighted by Crippen LogP contribution is -2.14. The lowest BCUT2D eigenvalue weighted by atomic mass is 9.99. The first-order valence-corrected chi connectivity index (χ1v) is 7.74. The summed E-state index contributed by atoms with van der Waals surface area (Å²) >= 11 is 5.93. The van der Waals surface area contributed by atoms with E-state index in [4.69, 9.17) is 11.6 Å². The van der Waals surface area contributed by atoms with Gasteiger partial charge < -0.3 is 5.32 Å². The van der Waals surface area contributed by atoms with E-state index in [2.05, 4.69) is 51.5 Å². The second-order valence-electron chi connectivity index (χ2n) is 5.59. The molecular formula is C17H16ClN5O. The molecule has 0 spiro atoms. The van der Waals surface area contributed by atoms with E-state index >= 15 is 0 Å². The molecular weight excluding hydrogens is 326 g/mol. The standard InChI is InChI=1S/C17H16ClN5O/c1-9-4-11(3)12(5-10(9)2)14-6-15(23-22-14)21-17(24)16-13(18)7-19-8-20-16/h4-8H,1-3H3,(H2,21,22,23,24). The van der Waals surface area contributed by atoms with Crippen molar-refractivity contribution in [3.63, 3.8) is 0 Å². The van der Waals surface area contributed by atoms with Crippen molar-refractivity contribution < 1.29 is 4.79 Å². The molecule has 0 saturated carbocycles. The van der Waals surface area contributed by atoms with Gasteiger partial charge >= 0.3 is 0 Å². The number of rotatable bonds is 3. The molecule has 0 fully saturated rings. The topological polar surface area (TPSA) is 83.6 Å². The molecule has 3 rings (SSSR count). The van der Waals surface area contributed by atoms with Gasteiger partial charge in [-0.3, -0.25) is 9.89 Å². The molecule has 7 heteroatoms. The monoisotopic (exact) mass is 341 g/mol. The van der Waals surface area contributed by atoms with Gasteiger partial charge in [-0.2, -0.15) is 5.10 Å². The van der Waals surface area contributed by atoms with Crippen molar-refractivity contribution >= 4 is 23.3 Å². The number of halogens is 1. The van der Waals surface area contributed by atoms with E-state index < -0.39 is 5.91 Å². The summed E-state index contributed by atoms with van der Waals surface area (Å²) in [6, 6.07) is 6.01. The molecule has 6 nitrogen and oxygen atoms in total. The van der Waals surface area contributed by atoms with Crippen LogP contribution in [-0.4, -0.2) is 26.1 Å². The third kappa shape index (κ3) is 3.14. The zero-order chi connectivity index (χ0) is 17.3. The van der Waals surface area contributed by atoms with Crippen LogP contribution in [0.15, 0.2) is 30.7 Å². The number of benzene rings is 1. The minimum absolute atomic E-state index is 0.110. The molecule has 0 atom stereocenters. The Balaban J connectivity index is 1.85. The maximum Gasteiger partial charge on any atom is 0.277 e. The summed E-state index contributed by atoms with van der Waals surface area (Å²) in [6.07, 6.45) is 2.65. The van der Waals surface area contributed by atoms with Gasteiger partial charge in [0.15, 0.2) is 11.5 Å². The summed E-state index contributed by atoms with van der Waals surface area (Å²) in [7, 11) is 0. The van der Waals surface area contributed by atoms with Gasteiger partial charge in [-0.1, -0.05) is 17.7 Å². The Bertz CT molecular complexity index is 919. The molecule has 24 heavy (non-hydrogen) atoms. The molecule has 0 aliphatic carbocycles. The first-order chi connectivity index (χ1) is 11.5. The molecule has 2 aromatic heterocycles. The quantitative estimate of drug-likeness (QED) is 0.760. The van der Waals surface area contributed by atoms with Gasteiger partial charge in [0.1, 0.15) is 6.33 Å². The van der Waals surface area contributed by atoms with Crippen LogP contribution in [0.3, 0.4) is 0 Å². The summed E-state index contributed by atoms with van der Waals surface area (Å²) in [6.45, 7) is 6.19. The maximum absolute atomic E-state index is 12.2. The minimum atomic E-state index is -0.433. The van der Waals surface area contributed by atoms with Gasteiger partial charge in [-0.05, 0) is 43.5 Å². The Hall–Kier alpha value is -2.73. The second-order valence-corrected chi connectivity index (χ2v) is 6.00. The van der Waals surface area contributed by atoms with E-state index in [1.165, 1.54) is 23.7 Å². The number of H-pyrrole nitrogens is 1. The van der Waals surface area contributed by atoms with Crippen molar-refractivity contribution in [3.05, 3.63) is 58.1 Å². The SMILES string of the molecule is Cc1cc(C)c(-c2cc(NC(=O)c3ncncc3Cl)n[nH]2)cc1C. The number of hydrogen-bond acceptors (Lipinski definition) is 4. The van der Waals surface area contributed by atoms with Crippen molar-refractivity contribution in [1.82, 2.24) is 20.2 Å². The highest BCUT2D eigenvalue weighted by molar-refractivity contribution is 6.33. The zero-order valence-corrected chi connectivity index (χ0v) is 14.3. The molecule has 1 aromatic carbocycles. The van der Waals surface area contributed by atoms with Crippen molar-refractivity contribution in [3.8, 4) is 11.3 Å². The van der Waals surface area contributed by atoms with Crippen molar-refractivity contribution in [2.45, 2.75) is 20.8 Å². The first kappa shape index (κ1) is 16.1. The fraction of sp³-hybridized carbons (Fsp3) is 0.176. The highest BCUT2D eigenvalue weighted by Crippen LogP contribution is 2.26. The van der Waals surface area contributed by atoms with Crippen LogP contribution >= 0.6 is 11.6 Å². The number of nitrogens with zero attached hydrogens (tertiary/aromatic N) is 3. The molecule has 2 N–H and O–H groups in total. The summed E-state index contributed by atoms with van der Waals surface area (Å²) in [4.78, 5) is 19.8. The molecule has 0 bridgehead atoms. The number of amides is 1. The number of carbonyl (C=O) groups excluding carboxylic acids is 1. The van der Waals surface area contributed by atoms with E-state index in [1.807, 2.05) is 6.92 Å². The highest BCUT2D eigenvalue weighted by Gasteiger charge is 2.14. The second kappa shape index (κ2) is 6.41. The predicted molar refractivity (Wildman–Crippen MR) is 93.2 cm³/mol. The van der Waals surface area contributed by atoms with E-state index in [1.54, 1.807) is 6.07 Å². The van der Waals surface area contributed by atoms with Gasteiger partial charge in [-0.15, -0.1) is 0 Å². The first-order valence-electron chi connectivity index (χ1n) is 7.36. The van der Waals surface area contributed by atoms with Gasteiger partial charge in [0.2, 0.25) is 0 Å². The highest BCUT2D eigenvalue weighted by atomic mass is 35.5. The van der Waals surface area contributed by atoms with Gasteiger partial charge in [0.05, 0.1) is 10.7 Å². The van der Waals surface area contributed by atoms with E-state index in [0.29, 0.717) is 5.82 Å². The number of carbonyl (C=O) groups is 1. The van der Waals surface area contributed by atoms with E-state index in [9.17, 15) is 4.79 Å². The van der Waals surface area contributed by atoms with Crippen LogP contribution < -0.4 is 5.32 Å². The number of aryl methyl sites for hydroxylation is 3. The number of aromatic amines is 1. The Kier molecular flexibility index (Phi) is 4.31. The van der Waals surface area contributed by atoms with Gasteiger partial charge in [0.25, 0.3) is 5.91 Å². The number of aromatic nitrogens is 4. The lowest BCUT2D eigenvalue weighted by molar-refractivity contribution is 0.102.